The van der Waals surface area contributed by atoms with Crippen LogP contribution in [0.4, 0.5) is 0 Å². The zero-order chi connectivity index (χ0) is 20.9. The number of ketones is 1. The summed E-state index contributed by atoms with van der Waals surface area (Å²) in [4.78, 5) is 37.9. The Hall–Kier alpha value is -1.99. The molecule has 1 amide bonds. The minimum atomic E-state index is -0.556. The second-order valence-corrected chi connectivity index (χ2v) is 9.75. The number of thiophene rings is 1. The van der Waals surface area contributed by atoms with Gasteiger partial charge in [-0.2, -0.15) is 11.3 Å². The minimum Gasteiger partial charge on any atom is -0.352 e. The molecule has 2 heterocycles. The fourth-order valence-electron chi connectivity index (χ4n) is 2.60. The molecule has 1 atom stereocenters. The molecule has 0 aliphatic carbocycles. The zero-order valence-electron chi connectivity index (χ0n) is 17.1. The van der Waals surface area contributed by atoms with Gasteiger partial charge in [-0.05, 0) is 41.8 Å². The Balaban J connectivity index is 2.48. The number of hydrogen-bond donors (Lipinski definition) is 1. The highest BCUT2D eigenvalue weighted by Gasteiger charge is 2.20. The normalized spacial score (nSPS) is 14.3. The van der Waals surface area contributed by atoms with Crippen LogP contribution in [0.2, 0.25) is 0 Å². The summed E-state index contributed by atoms with van der Waals surface area (Å²) in [6.45, 7) is 9.41. The lowest BCUT2D eigenvalue weighted by Gasteiger charge is -2.14. The third-order valence-electron chi connectivity index (χ3n) is 4.20. The lowest BCUT2D eigenvalue weighted by Crippen LogP contribution is -2.41. The van der Waals surface area contributed by atoms with Gasteiger partial charge in [-0.25, -0.2) is 0 Å². The summed E-state index contributed by atoms with van der Waals surface area (Å²) in [6, 6.07) is 1.98. The van der Waals surface area contributed by atoms with E-state index in [2.05, 4.69) is 12.2 Å². The Kier molecular flexibility index (Phi) is 7.55. The number of rotatable bonds is 7. The Morgan fingerprint density at radius 2 is 2.04 bits per heavy atom. The van der Waals surface area contributed by atoms with E-state index < -0.39 is 5.41 Å². The minimum absolute atomic E-state index is 0.0484. The van der Waals surface area contributed by atoms with Crippen molar-refractivity contribution in [2.24, 2.45) is 5.41 Å². The summed E-state index contributed by atoms with van der Waals surface area (Å²) in [7, 11) is 0. The van der Waals surface area contributed by atoms with E-state index in [-0.39, 0.29) is 29.8 Å². The highest BCUT2D eigenvalue weighted by atomic mass is 32.1. The molecule has 28 heavy (non-hydrogen) atoms. The molecule has 0 saturated heterocycles. The van der Waals surface area contributed by atoms with Gasteiger partial charge >= 0.3 is 0 Å². The summed E-state index contributed by atoms with van der Waals surface area (Å²) in [5.41, 5.74) is 0.132. The maximum atomic E-state index is 12.9. The van der Waals surface area contributed by atoms with Crippen molar-refractivity contribution in [2.45, 2.75) is 60.0 Å². The Bertz CT molecular complexity index is 992. The van der Waals surface area contributed by atoms with Gasteiger partial charge in [0.25, 0.3) is 5.56 Å². The van der Waals surface area contributed by atoms with Crippen LogP contribution < -0.4 is 20.1 Å². The van der Waals surface area contributed by atoms with Gasteiger partial charge in [0, 0.05) is 17.5 Å². The van der Waals surface area contributed by atoms with Crippen LogP contribution in [-0.4, -0.2) is 22.3 Å². The molecule has 0 spiro atoms. The third kappa shape index (κ3) is 6.01. The average Bonchev–Trinajstić information content (AvgIpc) is 3.18. The second kappa shape index (κ2) is 9.47. The lowest BCUT2D eigenvalue weighted by molar-refractivity contribution is -0.122. The number of Topliss-reactive ketones (excluding diaryl/α,β-unsaturated/α-hetero) is 1. The van der Waals surface area contributed by atoms with Crippen molar-refractivity contribution in [1.82, 2.24) is 9.88 Å². The summed E-state index contributed by atoms with van der Waals surface area (Å²) in [6.07, 6.45) is 5.14. The van der Waals surface area contributed by atoms with Crippen molar-refractivity contribution in [3.8, 4) is 0 Å². The van der Waals surface area contributed by atoms with Crippen LogP contribution in [0.3, 0.4) is 0 Å². The molecule has 0 aliphatic heterocycles. The van der Waals surface area contributed by atoms with Crippen LogP contribution in [0.15, 0.2) is 21.6 Å². The van der Waals surface area contributed by atoms with E-state index in [1.165, 1.54) is 22.0 Å². The number of aromatic nitrogens is 1. The number of nitrogens with one attached hydrogen (secondary N) is 1. The number of nitrogens with zero attached hydrogens (tertiary/aromatic N) is 1. The second-order valence-electron chi connectivity index (χ2n) is 7.91. The Morgan fingerprint density at radius 3 is 2.61 bits per heavy atom. The molecule has 0 aliphatic rings. The first kappa shape index (κ1) is 22.3. The van der Waals surface area contributed by atoms with E-state index in [9.17, 15) is 14.4 Å². The first-order chi connectivity index (χ1) is 13.1. The van der Waals surface area contributed by atoms with Gasteiger partial charge in [0.15, 0.2) is 5.78 Å². The number of carbonyl (C=O) groups excluding carboxylic acids is 2. The summed E-state index contributed by atoms with van der Waals surface area (Å²) >= 11 is 2.79. The molecule has 152 valence electrons. The predicted octanol–water partition coefficient (Wildman–Crippen LogP) is 2.50. The van der Waals surface area contributed by atoms with Gasteiger partial charge < -0.3 is 5.32 Å². The van der Waals surface area contributed by atoms with Crippen LogP contribution in [0, 0.1) is 5.41 Å². The third-order valence-corrected chi connectivity index (χ3v) is 5.96. The van der Waals surface area contributed by atoms with E-state index >= 15 is 0 Å². The SMILES string of the molecule is CCCC(C)NC(=O)Cn1c(=CC(=O)C(C)(C)C)sc(=Cc2ccsc2)c1=O. The summed E-state index contributed by atoms with van der Waals surface area (Å²) in [5, 5.41) is 6.81. The molecule has 2 rings (SSSR count). The van der Waals surface area contributed by atoms with Crippen LogP contribution >= 0.6 is 22.7 Å². The highest BCUT2D eigenvalue weighted by molar-refractivity contribution is 7.08. The number of thiazole rings is 1. The lowest BCUT2D eigenvalue weighted by atomic mass is 9.91. The van der Waals surface area contributed by atoms with Crippen molar-refractivity contribution in [2.75, 3.05) is 0 Å². The van der Waals surface area contributed by atoms with E-state index in [1.807, 2.05) is 44.5 Å². The largest absolute Gasteiger partial charge is 0.352 e. The summed E-state index contributed by atoms with van der Waals surface area (Å²) < 4.78 is 2.42. The van der Waals surface area contributed by atoms with Gasteiger partial charge in [-0.15, -0.1) is 11.3 Å². The molecule has 0 aromatic carbocycles. The molecular weight excluding hydrogens is 392 g/mol. The fraction of sp³-hybridized carbons (Fsp3) is 0.476. The number of hydrogen-bond acceptors (Lipinski definition) is 5. The number of amides is 1. The van der Waals surface area contributed by atoms with Crippen molar-refractivity contribution >= 4 is 46.5 Å². The van der Waals surface area contributed by atoms with Crippen molar-refractivity contribution in [3.05, 3.63) is 41.9 Å². The first-order valence-electron chi connectivity index (χ1n) is 9.41. The van der Waals surface area contributed by atoms with E-state index in [1.54, 1.807) is 17.4 Å². The molecule has 2 aromatic rings. The topological polar surface area (TPSA) is 68.2 Å². The van der Waals surface area contributed by atoms with Gasteiger partial charge in [-0.3, -0.25) is 19.0 Å². The standard InChI is InChI=1S/C21H28N2O3S2/c1-6-7-14(2)22-18(25)12-23-19(11-17(24)21(3,4)5)28-16(20(23)26)10-15-8-9-27-13-15/h8-11,13-14H,6-7,12H2,1-5H3,(H,22,25). The van der Waals surface area contributed by atoms with E-state index in [4.69, 9.17) is 0 Å². The van der Waals surface area contributed by atoms with Crippen LogP contribution in [0.25, 0.3) is 12.2 Å². The smallest absolute Gasteiger partial charge is 0.269 e. The monoisotopic (exact) mass is 420 g/mol. The quantitative estimate of drug-likeness (QED) is 0.748. The molecular formula is C21H28N2O3S2. The molecule has 0 bridgehead atoms. The average molecular weight is 421 g/mol. The molecule has 1 N–H and O–H groups in total. The van der Waals surface area contributed by atoms with Crippen LogP contribution in [0.5, 0.6) is 0 Å². The van der Waals surface area contributed by atoms with Crippen molar-refractivity contribution < 1.29 is 9.59 Å². The van der Waals surface area contributed by atoms with Gasteiger partial charge in [0.2, 0.25) is 5.91 Å². The maximum Gasteiger partial charge on any atom is 0.269 e. The number of carbonyl (C=O) groups is 2. The fourth-order valence-corrected chi connectivity index (χ4v) is 4.26. The molecule has 1 unspecified atom stereocenters. The highest BCUT2D eigenvalue weighted by Crippen LogP contribution is 2.14. The van der Waals surface area contributed by atoms with Gasteiger partial charge in [0.1, 0.15) is 11.2 Å². The zero-order valence-corrected chi connectivity index (χ0v) is 18.7. The van der Waals surface area contributed by atoms with Crippen LogP contribution in [0.1, 0.15) is 53.0 Å². The van der Waals surface area contributed by atoms with Crippen molar-refractivity contribution in [3.63, 3.8) is 0 Å². The molecule has 0 radical (unpaired) electrons. The van der Waals surface area contributed by atoms with Gasteiger partial charge in [0.05, 0.1) is 4.53 Å². The molecule has 0 fully saturated rings. The Morgan fingerprint density at radius 1 is 1.32 bits per heavy atom. The first-order valence-corrected chi connectivity index (χ1v) is 11.2. The Labute approximate surface area is 173 Å². The molecule has 0 saturated carbocycles. The molecule has 2 aromatic heterocycles. The van der Waals surface area contributed by atoms with Gasteiger partial charge in [-0.1, -0.05) is 34.1 Å². The van der Waals surface area contributed by atoms with Crippen LogP contribution in [-0.2, 0) is 16.1 Å². The molecule has 7 heteroatoms. The summed E-state index contributed by atoms with van der Waals surface area (Å²) in [5.74, 6) is -0.301. The van der Waals surface area contributed by atoms with E-state index in [0.29, 0.717) is 9.20 Å². The van der Waals surface area contributed by atoms with E-state index in [0.717, 1.165) is 18.4 Å². The molecule has 5 nitrogen and oxygen atoms in total. The maximum absolute atomic E-state index is 12.9. The van der Waals surface area contributed by atoms with Crippen molar-refractivity contribution in [1.29, 1.82) is 0 Å². The predicted molar refractivity (Wildman–Crippen MR) is 117 cm³/mol.